The highest BCUT2D eigenvalue weighted by Gasteiger charge is 2.22. The van der Waals surface area contributed by atoms with Crippen LogP contribution in [0.1, 0.15) is 64.0 Å². The lowest BCUT2D eigenvalue weighted by Gasteiger charge is -2.17. The summed E-state index contributed by atoms with van der Waals surface area (Å²) in [4.78, 5) is 48.3. The number of aryl methyl sites for hydroxylation is 1. The van der Waals surface area contributed by atoms with Crippen LogP contribution in [0.3, 0.4) is 0 Å². The van der Waals surface area contributed by atoms with Crippen molar-refractivity contribution in [1.82, 2.24) is 5.32 Å². The average molecular weight is 513 g/mol. The summed E-state index contributed by atoms with van der Waals surface area (Å²) in [6.45, 7) is 4.96. The van der Waals surface area contributed by atoms with Gasteiger partial charge in [0.15, 0.2) is 5.78 Å². The van der Waals surface area contributed by atoms with Crippen molar-refractivity contribution in [3.8, 4) is 0 Å². The second-order valence-corrected chi connectivity index (χ2v) is 10.1. The molecule has 0 bridgehead atoms. The van der Waals surface area contributed by atoms with Gasteiger partial charge in [0.25, 0.3) is 10.1 Å². The van der Waals surface area contributed by atoms with E-state index in [0.29, 0.717) is 30.5 Å². The first-order valence-corrected chi connectivity index (χ1v) is 13.3. The highest BCUT2D eigenvalue weighted by Crippen LogP contribution is 2.19. The zero-order chi connectivity index (χ0) is 26.6. The molecule has 0 aliphatic rings. The highest BCUT2D eigenvalue weighted by atomic mass is 32.2. The summed E-state index contributed by atoms with van der Waals surface area (Å²) in [5.41, 5.74) is 1.97. The molecule has 10 nitrogen and oxygen atoms in total. The zero-order valence-corrected chi connectivity index (χ0v) is 21.8. The van der Waals surface area contributed by atoms with Gasteiger partial charge in [0, 0.05) is 30.9 Å². The van der Waals surface area contributed by atoms with Gasteiger partial charge in [-0.3, -0.25) is 23.4 Å². The highest BCUT2D eigenvalue weighted by molar-refractivity contribution is 7.85. The smallest absolute Gasteiger partial charge is 0.305 e. The van der Waals surface area contributed by atoms with Gasteiger partial charge in [0.05, 0.1) is 26.0 Å². The lowest BCUT2D eigenvalue weighted by molar-refractivity contribution is -0.140. The van der Waals surface area contributed by atoms with Crippen molar-refractivity contribution in [3.05, 3.63) is 29.3 Å². The maximum Gasteiger partial charge on any atom is 0.305 e. The Balaban J connectivity index is 2.60. The molecule has 1 rings (SSSR count). The van der Waals surface area contributed by atoms with Crippen LogP contribution in [0.5, 0.6) is 0 Å². The molecular weight excluding hydrogens is 476 g/mol. The third-order valence-corrected chi connectivity index (χ3v) is 5.79. The van der Waals surface area contributed by atoms with Crippen LogP contribution in [0, 0.1) is 5.92 Å². The summed E-state index contributed by atoms with van der Waals surface area (Å²) >= 11 is 0. The van der Waals surface area contributed by atoms with Crippen LogP contribution in [-0.2, 0) is 51.2 Å². The van der Waals surface area contributed by atoms with Crippen molar-refractivity contribution in [2.24, 2.45) is 5.92 Å². The van der Waals surface area contributed by atoms with Crippen LogP contribution >= 0.6 is 0 Å². The molecule has 1 aromatic carbocycles. The number of Topliss-reactive ketones (excluding diaryl/α,β-unsaturated/α-hetero) is 1. The number of carbonyl (C=O) groups excluding carboxylic acids is 4. The van der Waals surface area contributed by atoms with Crippen molar-refractivity contribution in [1.29, 1.82) is 0 Å². The van der Waals surface area contributed by atoms with E-state index >= 15 is 0 Å². The molecule has 0 fully saturated rings. The van der Waals surface area contributed by atoms with Gasteiger partial charge in [0.2, 0.25) is 11.8 Å². The molecule has 196 valence electrons. The Morgan fingerprint density at radius 2 is 1.63 bits per heavy atom. The molecule has 0 heterocycles. The van der Waals surface area contributed by atoms with Crippen LogP contribution in [0.2, 0.25) is 0 Å². The molecule has 1 aromatic rings. The van der Waals surface area contributed by atoms with E-state index in [9.17, 15) is 27.6 Å². The maximum absolute atomic E-state index is 12.7. The number of ketones is 1. The Bertz CT molecular complexity index is 1010. The fourth-order valence-corrected chi connectivity index (χ4v) is 3.54. The van der Waals surface area contributed by atoms with Crippen LogP contribution in [-0.4, -0.2) is 51.4 Å². The Labute approximate surface area is 207 Å². The van der Waals surface area contributed by atoms with Crippen LogP contribution < -0.4 is 10.6 Å². The number of ether oxygens (including phenoxy) is 1. The Morgan fingerprint density at radius 1 is 1.00 bits per heavy atom. The summed E-state index contributed by atoms with van der Waals surface area (Å²) in [6, 6.07) is 4.45. The number of carbonyl (C=O) groups is 4. The second-order valence-electron chi connectivity index (χ2n) is 8.49. The summed E-state index contributed by atoms with van der Waals surface area (Å²) in [5, 5.41) is 5.39. The number of hydrogen-bond acceptors (Lipinski definition) is 8. The Hall–Kier alpha value is -2.79. The molecule has 11 heteroatoms. The van der Waals surface area contributed by atoms with E-state index in [1.165, 1.54) is 7.11 Å². The predicted octanol–water partition coefficient (Wildman–Crippen LogP) is 2.50. The van der Waals surface area contributed by atoms with Gasteiger partial charge in [-0.25, -0.2) is 0 Å². The van der Waals surface area contributed by atoms with Crippen LogP contribution in [0.4, 0.5) is 5.69 Å². The third kappa shape index (κ3) is 12.5. The number of nitrogens with one attached hydrogen (secondary N) is 2. The van der Waals surface area contributed by atoms with Gasteiger partial charge in [-0.2, -0.15) is 8.42 Å². The number of rotatable bonds is 15. The number of amides is 2. The van der Waals surface area contributed by atoms with Crippen molar-refractivity contribution in [3.63, 3.8) is 0 Å². The predicted molar refractivity (Wildman–Crippen MR) is 131 cm³/mol. The summed E-state index contributed by atoms with van der Waals surface area (Å²) in [6.07, 6.45) is 3.00. The molecule has 0 unspecified atom stereocenters. The fourth-order valence-electron chi connectivity index (χ4n) is 3.19. The van der Waals surface area contributed by atoms with Crippen molar-refractivity contribution < 1.29 is 36.5 Å². The zero-order valence-electron chi connectivity index (χ0n) is 21.0. The van der Waals surface area contributed by atoms with Crippen molar-refractivity contribution in [2.45, 2.75) is 71.9 Å². The van der Waals surface area contributed by atoms with Gasteiger partial charge in [0.1, 0.15) is 0 Å². The van der Waals surface area contributed by atoms with E-state index in [4.69, 9.17) is 4.18 Å². The standard InChI is InChI=1S/C24H36N2O8S/c1-6-18-12-19(15-34-35(5,31)32)14-20(13-18)26-24(30)16(2)11-21(27)17(3)25-22(28)9-7-8-10-23(29)33-4/h12-14,16-17H,6-11,15H2,1-5H3,(H,25,28)(H,26,30)/t16-,17+/m1/s1. The van der Waals surface area contributed by atoms with E-state index in [0.717, 1.165) is 11.8 Å². The maximum atomic E-state index is 12.7. The number of hydrogen-bond donors (Lipinski definition) is 2. The molecule has 2 amide bonds. The molecule has 0 saturated carbocycles. The van der Waals surface area contributed by atoms with Gasteiger partial charge < -0.3 is 15.4 Å². The molecule has 0 spiro atoms. The van der Waals surface area contributed by atoms with E-state index in [1.54, 1.807) is 32.0 Å². The molecule has 0 saturated heterocycles. The summed E-state index contributed by atoms with van der Waals surface area (Å²) < 4.78 is 31.9. The first-order valence-electron chi connectivity index (χ1n) is 11.5. The molecule has 0 aromatic heterocycles. The van der Waals surface area contributed by atoms with E-state index in [1.807, 2.05) is 6.92 Å². The second kappa shape index (κ2) is 14.6. The number of esters is 1. The van der Waals surface area contributed by atoms with E-state index in [2.05, 4.69) is 15.4 Å². The van der Waals surface area contributed by atoms with Crippen LogP contribution in [0.25, 0.3) is 0 Å². The van der Waals surface area contributed by atoms with Crippen molar-refractivity contribution in [2.75, 3.05) is 18.7 Å². The molecule has 0 radical (unpaired) electrons. The minimum absolute atomic E-state index is 0.0624. The quantitative estimate of drug-likeness (QED) is 0.207. The van der Waals surface area contributed by atoms with Gasteiger partial charge in [-0.1, -0.05) is 19.9 Å². The molecular formula is C24H36N2O8S. The summed E-state index contributed by atoms with van der Waals surface area (Å²) in [5.74, 6) is -1.93. The Kier molecular flexibility index (Phi) is 12.6. The number of anilines is 1. The lowest BCUT2D eigenvalue weighted by Crippen LogP contribution is -2.39. The molecule has 2 N–H and O–H groups in total. The van der Waals surface area contributed by atoms with E-state index in [-0.39, 0.29) is 49.4 Å². The summed E-state index contributed by atoms with van der Waals surface area (Å²) in [7, 11) is -2.30. The van der Waals surface area contributed by atoms with Gasteiger partial charge >= 0.3 is 5.97 Å². The largest absolute Gasteiger partial charge is 0.469 e. The first kappa shape index (κ1) is 30.2. The number of methoxy groups -OCH3 is 1. The minimum atomic E-state index is -3.61. The SMILES string of the molecule is CCc1cc(COS(C)(=O)=O)cc(NC(=O)[C@H](C)CC(=O)[C@H](C)NC(=O)CCCCC(=O)OC)c1. The van der Waals surface area contributed by atoms with Crippen LogP contribution in [0.15, 0.2) is 18.2 Å². The third-order valence-electron chi connectivity index (χ3n) is 5.25. The normalized spacial score (nSPS) is 12.9. The van der Waals surface area contributed by atoms with Gasteiger partial charge in [-0.15, -0.1) is 0 Å². The molecule has 2 atom stereocenters. The van der Waals surface area contributed by atoms with Crippen molar-refractivity contribution >= 4 is 39.4 Å². The topological polar surface area (TPSA) is 145 Å². The first-order chi connectivity index (χ1) is 16.3. The van der Waals surface area contributed by atoms with E-state index < -0.39 is 22.1 Å². The number of benzene rings is 1. The lowest BCUT2D eigenvalue weighted by atomic mass is 9.99. The minimum Gasteiger partial charge on any atom is -0.469 e. The molecule has 0 aliphatic carbocycles. The molecule has 0 aliphatic heterocycles. The monoisotopic (exact) mass is 512 g/mol. The van der Waals surface area contributed by atoms with Gasteiger partial charge in [-0.05, 0) is 49.4 Å². The Morgan fingerprint density at radius 3 is 2.23 bits per heavy atom. The molecule has 35 heavy (non-hydrogen) atoms. The fraction of sp³-hybridized carbons (Fsp3) is 0.583. The average Bonchev–Trinajstić information content (AvgIpc) is 2.79. The number of unbranched alkanes of at least 4 members (excludes halogenated alkanes) is 1.